The van der Waals surface area contributed by atoms with Gasteiger partial charge in [-0.05, 0) is 37.8 Å². The molecular weight excluding hydrogens is 400 g/mol. The number of carbonyl (C=O) groups is 3. The van der Waals surface area contributed by atoms with E-state index in [1.165, 1.54) is 12.5 Å². The van der Waals surface area contributed by atoms with Crippen molar-refractivity contribution in [3.05, 3.63) is 54.1 Å². The second-order valence-electron chi connectivity index (χ2n) is 7.32. The Morgan fingerprint density at radius 1 is 1.03 bits per heavy atom. The summed E-state index contributed by atoms with van der Waals surface area (Å²) in [5.41, 5.74) is 13.0. The lowest BCUT2D eigenvalue weighted by Gasteiger charge is -2.23. The fourth-order valence-corrected chi connectivity index (χ4v) is 3.09. The lowest BCUT2D eigenvalue weighted by Crippen LogP contribution is -2.55. The van der Waals surface area contributed by atoms with Crippen LogP contribution in [0.5, 0.6) is 0 Å². The molecule has 2 amide bonds. The number of aromatic amines is 1. The molecule has 1 heterocycles. The molecule has 31 heavy (non-hydrogen) atoms. The first-order chi connectivity index (χ1) is 14.9. The number of amides is 2. The third-order valence-electron chi connectivity index (χ3n) is 4.81. The Morgan fingerprint density at radius 3 is 2.35 bits per heavy atom. The van der Waals surface area contributed by atoms with E-state index in [2.05, 4.69) is 20.6 Å². The summed E-state index contributed by atoms with van der Waals surface area (Å²) in [5.74, 6) is -2.24. The van der Waals surface area contributed by atoms with Crippen LogP contribution in [0.1, 0.15) is 30.5 Å². The molecule has 2 aromatic rings. The van der Waals surface area contributed by atoms with Gasteiger partial charge in [-0.25, -0.2) is 9.78 Å². The van der Waals surface area contributed by atoms with Gasteiger partial charge in [0, 0.05) is 18.3 Å². The van der Waals surface area contributed by atoms with Crippen LogP contribution in [0.3, 0.4) is 0 Å². The van der Waals surface area contributed by atoms with Crippen LogP contribution in [0.15, 0.2) is 42.9 Å². The maximum absolute atomic E-state index is 12.8. The van der Waals surface area contributed by atoms with Crippen molar-refractivity contribution in [2.75, 3.05) is 6.54 Å². The zero-order valence-electron chi connectivity index (χ0n) is 17.3. The monoisotopic (exact) mass is 430 g/mol. The fourth-order valence-electron chi connectivity index (χ4n) is 3.09. The summed E-state index contributed by atoms with van der Waals surface area (Å²) >= 11 is 0. The van der Waals surface area contributed by atoms with Crippen LogP contribution < -0.4 is 22.1 Å². The molecule has 8 N–H and O–H groups in total. The van der Waals surface area contributed by atoms with Crippen molar-refractivity contribution in [3.63, 3.8) is 0 Å². The van der Waals surface area contributed by atoms with Gasteiger partial charge in [0.15, 0.2) is 0 Å². The van der Waals surface area contributed by atoms with E-state index in [1.54, 1.807) is 0 Å². The summed E-state index contributed by atoms with van der Waals surface area (Å²) in [5, 5.41) is 14.6. The number of H-pyrrole nitrogens is 1. The summed E-state index contributed by atoms with van der Waals surface area (Å²) in [4.78, 5) is 43.7. The van der Waals surface area contributed by atoms with Crippen LogP contribution in [0.4, 0.5) is 0 Å². The highest BCUT2D eigenvalue weighted by molar-refractivity contribution is 5.91. The number of aliphatic carboxylic acids is 1. The van der Waals surface area contributed by atoms with E-state index in [9.17, 15) is 19.5 Å². The third kappa shape index (κ3) is 8.19. The van der Waals surface area contributed by atoms with Crippen LogP contribution >= 0.6 is 0 Å². The molecule has 0 saturated carbocycles. The molecule has 2 rings (SSSR count). The maximum Gasteiger partial charge on any atom is 0.326 e. The van der Waals surface area contributed by atoms with Crippen LogP contribution in [0.2, 0.25) is 0 Å². The van der Waals surface area contributed by atoms with E-state index in [0.717, 1.165) is 5.56 Å². The van der Waals surface area contributed by atoms with E-state index >= 15 is 0 Å². The van der Waals surface area contributed by atoms with Gasteiger partial charge in [0.05, 0.1) is 12.4 Å². The fraction of sp³-hybridized carbons (Fsp3) is 0.429. The number of aromatic nitrogens is 2. The number of nitrogens with one attached hydrogen (secondary N) is 3. The normalized spacial score (nSPS) is 13.7. The number of imidazole rings is 1. The van der Waals surface area contributed by atoms with E-state index in [4.69, 9.17) is 11.5 Å². The van der Waals surface area contributed by atoms with Gasteiger partial charge in [0.25, 0.3) is 0 Å². The first-order valence-corrected chi connectivity index (χ1v) is 10.2. The third-order valence-corrected chi connectivity index (χ3v) is 4.81. The van der Waals surface area contributed by atoms with E-state index in [1.807, 2.05) is 30.3 Å². The van der Waals surface area contributed by atoms with Crippen molar-refractivity contribution < 1.29 is 19.5 Å². The minimum Gasteiger partial charge on any atom is -0.480 e. The van der Waals surface area contributed by atoms with Crippen LogP contribution in [0.25, 0.3) is 0 Å². The summed E-state index contributed by atoms with van der Waals surface area (Å²) in [6.45, 7) is 0.452. The zero-order chi connectivity index (χ0) is 22.6. The number of carboxylic acid groups (broad SMARTS) is 1. The lowest BCUT2D eigenvalue weighted by molar-refractivity contribution is -0.142. The highest BCUT2D eigenvalue weighted by atomic mass is 16.4. The molecule has 0 radical (unpaired) electrons. The highest BCUT2D eigenvalue weighted by Crippen LogP contribution is 2.06. The van der Waals surface area contributed by atoms with Gasteiger partial charge >= 0.3 is 5.97 Å². The Morgan fingerprint density at radius 2 is 1.74 bits per heavy atom. The predicted octanol–water partition coefficient (Wildman–Crippen LogP) is -0.295. The number of carbonyl (C=O) groups excluding carboxylic acids is 2. The molecule has 0 bridgehead atoms. The lowest BCUT2D eigenvalue weighted by atomic mass is 10.0. The second kappa shape index (κ2) is 12.5. The predicted molar refractivity (Wildman–Crippen MR) is 115 cm³/mol. The number of carboxylic acids is 1. The minimum atomic E-state index is -1.18. The average molecular weight is 431 g/mol. The standard InChI is InChI=1S/C21H30N6O4/c22-9-5-4-8-17(26-19(28)16(23)10-14-6-2-1-3-7-14)20(29)27-18(21(30)31)11-15-12-24-13-25-15/h1-3,6-7,12-13,16-18H,4-5,8-11,22-23H2,(H,24,25)(H,26,28)(H,27,29)(H,30,31). The largest absolute Gasteiger partial charge is 0.480 e. The first-order valence-electron chi connectivity index (χ1n) is 10.2. The Balaban J connectivity index is 2.01. The summed E-state index contributed by atoms with van der Waals surface area (Å²) in [6, 6.07) is 6.40. The molecule has 0 aliphatic heterocycles. The first kappa shape index (κ1) is 24.0. The molecule has 10 nitrogen and oxygen atoms in total. The molecule has 168 valence electrons. The maximum atomic E-state index is 12.8. The van der Waals surface area contributed by atoms with Gasteiger partial charge in [0.2, 0.25) is 11.8 Å². The summed E-state index contributed by atoms with van der Waals surface area (Å²) in [7, 11) is 0. The van der Waals surface area contributed by atoms with Gasteiger partial charge in [-0.3, -0.25) is 9.59 Å². The van der Waals surface area contributed by atoms with Crippen molar-refractivity contribution in [3.8, 4) is 0 Å². The Bertz CT molecular complexity index is 828. The number of nitrogens with two attached hydrogens (primary N) is 2. The Kier molecular flexibility index (Phi) is 9.66. The average Bonchev–Trinajstić information content (AvgIpc) is 3.26. The minimum absolute atomic E-state index is 0.0397. The van der Waals surface area contributed by atoms with Crippen LogP contribution in [-0.4, -0.2) is 57.5 Å². The highest BCUT2D eigenvalue weighted by Gasteiger charge is 2.28. The SMILES string of the molecule is NCCCCC(NC(=O)C(N)Cc1ccccc1)C(=O)NC(Cc1cnc[nH]1)C(=O)O. The van der Waals surface area contributed by atoms with Crippen molar-refractivity contribution in [1.82, 2.24) is 20.6 Å². The van der Waals surface area contributed by atoms with E-state index in [0.29, 0.717) is 37.9 Å². The smallest absolute Gasteiger partial charge is 0.326 e. The van der Waals surface area contributed by atoms with Crippen molar-refractivity contribution >= 4 is 17.8 Å². The van der Waals surface area contributed by atoms with Crippen molar-refractivity contribution in [1.29, 1.82) is 0 Å². The van der Waals surface area contributed by atoms with Gasteiger partial charge in [-0.15, -0.1) is 0 Å². The van der Waals surface area contributed by atoms with Crippen LogP contribution in [0, 0.1) is 0 Å². The topological polar surface area (TPSA) is 176 Å². The molecular formula is C21H30N6O4. The number of unbranched alkanes of at least 4 members (excludes halogenated alkanes) is 1. The van der Waals surface area contributed by atoms with Gasteiger partial charge < -0.3 is 32.2 Å². The van der Waals surface area contributed by atoms with Crippen molar-refractivity contribution in [2.45, 2.75) is 50.2 Å². The molecule has 0 aliphatic carbocycles. The summed E-state index contributed by atoms with van der Waals surface area (Å²) < 4.78 is 0. The molecule has 1 aromatic heterocycles. The van der Waals surface area contributed by atoms with E-state index < -0.39 is 35.9 Å². The molecule has 0 spiro atoms. The number of rotatable bonds is 13. The summed E-state index contributed by atoms with van der Waals surface area (Å²) in [6.07, 6.45) is 4.88. The molecule has 0 saturated heterocycles. The van der Waals surface area contributed by atoms with E-state index in [-0.39, 0.29) is 6.42 Å². The Hall–Kier alpha value is -3.24. The van der Waals surface area contributed by atoms with Gasteiger partial charge in [-0.1, -0.05) is 30.3 Å². The van der Waals surface area contributed by atoms with Crippen LogP contribution in [-0.2, 0) is 27.2 Å². The van der Waals surface area contributed by atoms with Crippen molar-refractivity contribution in [2.24, 2.45) is 11.5 Å². The van der Waals surface area contributed by atoms with Gasteiger partial charge in [-0.2, -0.15) is 0 Å². The number of hydrogen-bond donors (Lipinski definition) is 6. The molecule has 3 unspecified atom stereocenters. The quantitative estimate of drug-likeness (QED) is 0.236. The molecule has 0 fully saturated rings. The molecule has 0 aliphatic rings. The zero-order valence-corrected chi connectivity index (χ0v) is 17.3. The molecule has 10 heteroatoms. The molecule has 1 aromatic carbocycles. The van der Waals surface area contributed by atoms with Gasteiger partial charge in [0.1, 0.15) is 12.1 Å². The Labute approximate surface area is 180 Å². The number of hydrogen-bond acceptors (Lipinski definition) is 6. The number of nitrogens with zero attached hydrogens (tertiary/aromatic N) is 1. The second-order valence-corrected chi connectivity index (χ2v) is 7.32. The number of benzene rings is 1. The molecule has 3 atom stereocenters.